The van der Waals surface area contributed by atoms with Crippen LogP contribution in [0.4, 0.5) is 5.69 Å². The SMILES string of the molecule is O=C(CCCl)Nc1ccc(-c2nc(CC(Cl)(Cl)Cl)nc(CC(Cl)(Cl)Cl)n2)cc1. The molecule has 0 radical (unpaired) electrons. The van der Waals surface area contributed by atoms with Crippen molar-refractivity contribution in [1.82, 2.24) is 15.0 Å². The van der Waals surface area contributed by atoms with Gasteiger partial charge in [-0.25, -0.2) is 15.0 Å². The van der Waals surface area contributed by atoms with E-state index in [4.69, 9.17) is 81.2 Å². The van der Waals surface area contributed by atoms with Crippen LogP contribution in [0.5, 0.6) is 0 Å². The summed E-state index contributed by atoms with van der Waals surface area (Å²) in [5.41, 5.74) is 1.25. The second kappa shape index (κ2) is 10.2. The van der Waals surface area contributed by atoms with E-state index >= 15 is 0 Å². The Balaban J connectivity index is 2.33. The highest BCUT2D eigenvalue weighted by molar-refractivity contribution is 6.68. The number of benzene rings is 1. The second-order valence-electron chi connectivity index (χ2n) is 5.64. The quantitative estimate of drug-likeness (QED) is 0.475. The van der Waals surface area contributed by atoms with Crippen LogP contribution in [-0.4, -0.2) is 34.3 Å². The molecule has 0 aliphatic rings. The Morgan fingerprint density at radius 1 is 0.857 bits per heavy atom. The number of nitrogens with zero attached hydrogens (tertiary/aromatic N) is 3. The van der Waals surface area contributed by atoms with Gasteiger partial charge < -0.3 is 5.32 Å². The minimum absolute atomic E-state index is 0.0490. The third-order valence-corrected chi connectivity index (χ3v) is 4.18. The zero-order valence-electron chi connectivity index (χ0n) is 14.0. The molecular formula is C16H13Cl7N4O. The molecule has 1 aromatic carbocycles. The van der Waals surface area contributed by atoms with Crippen molar-refractivity contribution in [3.05, 3.63) is 35.9 Å². The van der Waals surface area contributed by atoms with Gasteiger partial charge in [0.1, 0.15) is 11.6 Å². The number of carbonyl (C=O) groups is 1. The first kappa shape index (κ1) is 24.0. The van der Waals surface area contributed by atoms with Crippen molar-refractivity contribution in [2.75, 3.05) is 11.2 Å². The first-order chi connectivity index (χ1) is 12.9. The summed E-state index contributed by atoms with van der Waals surface area (Å²) in [6.45, 7) is 0. The van der Waals surface area contributed by atoms with Gasteiger partial charge in [0.25, 0.3) is 0 Å². The van der Waals surface area contributed by atoms with Crippen LogP contribution in [0.3, 0.4) is 0 Å². The van der Waals surface area contributed by atoms with Crippen LogP contribution in [0.25, 0.3) is 11.4 Å². The molecule has 1 N–H and O–H groups in total. The molecule has 28 heavy (non-hydrogen) atoms. The van der Waals surface area contributed by atoms with Gasteiger partial charge in [-0.05, 0) is 24.3 Å². The largest absolute Gasteiger partial charge is 0.326 e. The van der Waals surface area contributed by atoms with Crippen LogP contribution in [0, 0.1) is 0 Å². The first-order valence-corrected chi connectivity index (χ1v) is 10.6. The van der Waals surface area contributed by atoms with Gasteiger partial charge in [-0.3, -0.25) is 4.79 Å². The lowest BCUT2D eigenvalue weighted by Crippen LogP contribution is -2.16. The fourth-order valence-electron chi connectivity index (χ4n) is 2.13. The number of aromatic nitrogens is 3. The van der Waals surface area contributed by atoms with Crippen LogP contribution in [0.15, 0.2) is 24.3 Å². The predicted octanol–water partition coefficient (Wildman–Crippen LogP) is 5.93. The van der Waals surface area contributed by atoms with Crippen molar-refractivity contribution in [1.29, 1.82) is 0 Å². The van der Waals surface area contributed by atoms with E-state index in [2.05, 4.69) is 20.3 Å². The van der Waals surface area contributed by atoms with Crippen LogP contribution < -0.4 is 5.32 Å². The van der Waals surface area contributed by atoms with Gasteiger partial charge in [0, 0.05) is 23.6 Å². The molecule has 0 saturated heterocycles. The van der Waals surface area contributed by atoms with Crippen LogP contribution >= 0.6 is 81.2 Å². The standard InChI is InChI=1S/C16H13Cl7N4O/c17-6-5-13(28)24-10-3-1-9(2-4-10)14-26-11(7-15(18,19)20)25-12(27-14)8-16(21,22)23/h1-4H,5-8H2,(H,24,28). The lowest BCUT2D eigenvalue weighted by atomic mass is 10.2. The summed E-state index contributed by atoms with van der Waals surface area (Å²) in [5, 5.41) is 2.73. The highest BCUT2D eigenvalue weighted by atomic mass is 35.6. The van der Waals surface area contributed by atoms with E-state index in [1.54, 1.807) is 24.3 Å². The summed E-state index contributed by atoms with van der Waals surface area (Å²) in [6, 6.07) is 6.86. The van der Waals surface area contributed by atoms with Crippen molar-refractivity contribution in [3.8, 4) is 11.4 Å². The van der Waals surface area contributed by atoms with Gasteiger partial charge in [-0.15, -0.1) is 11.6 Å². The summed E-state index contributed by atoms with van der Waals surface area (Å²) in [7, 11) is 0. The third kappa shape index (κ3) is 8.62. The smallest absolute Gasteiger partial charge is 0.225 e. The van der Waals surface area contributed by atoms with E-state index in [0.29, 0.717) is 17.1 Å². The van der Waals surface area contributed by atoms with Gasteiger partial charge in [-0.2, -0.15) is 0 Å². The van der Waals surface area contributed by atoms with E-state index in [0.717, 1.165) is 0 Å². The van der Waals surface area contributed by atoms with Gasteiger partial charge >= 0.3 is 0 Å². The fourth-order valence-corrected chi connectivity index (χ4v) is 3.01. The van der Waals surface area contributed by atoms with Crippen molar-refractivity contribution < 1.29 is 4.79 Å². The third-order valence-electron chi connectivity index (χ3n) is 3.19. The molecule has 0 atom stereocenters. The molecule has 5 nitrogen and oxygen atoms in total. The molecule has 1 amide bonds. The topological polar surface area (TPSA) is 67.8 Å². The molecule has 0 spiro atoms. The molecule has 2 aromatic rings. The molecule has 1 heterocycles. The number of hydrogen-bond donors (Lipinski definition) is 1. The van der Waals surface area contributed by atoms with E-state index in [1.807, 2.05) is 0 Å². The number of halogens is 7. The van der Waals surface area contributed by atoms with Crippen LogP contribution in [0.1, 0.15) is 18.1 Å². The van der Waals surface area contributed by atoms with Gasteiger partial charge in [0.15, 0.2) is 13.4 Å². The summed E-state index contributed by atoms with van der Waals surface area (Å²) in [4.78, 5) is 24.5. The van der Waals surface area contributed by atoms with E-state index in [-0.39, 0.29) is 42.7 Å². The minimum atomic E-state index is -1.59. The Morgan fingerprint density at radius 2 is 1.36 bits per heavy atom. The van der Waals surface area contributed by atoms with Gasteiger partial charge in [0.05, 0.1) is 12.8 Å². The van der Waals surface area contributed by atoms with E-state index in [1.165, 1.54) is 0 Å². The first-order valence-electron chi connectivity index (χ1n) is 7.79. The van der Waals surface area contributed by atoms with E-state index < -0.39 is 7.59 Å². The second-order valence-corrected chi connectivity index (χ2v) is 11.0. The number of alkyl halides is 7. The zero-order chi connectivity index (χ0) is 20.9. The summed E-state index contributed by atoms with van der Waals surface area (Å²) < 4.78 is -3.18. The maximum atomic E-state index is 11.6. The Kier molecular flexibility index (Phi) is 8.71. The fraction of sp³-hybridized carbons (Fsp3) is 0.375. The Morgan fingerprint density at radius 3 is 1.79 bits per heavy atom. The molecule has 0 aliphatic carbocycles. The Labute approximate surface area is 197 Å². The maximum absolute atomic E-state index is 11.6. The average Bonchev–Trinajstić information content (AvgIpc) is 2.52. The molecule has 0 fully saturated rings. The normalized spacial score (nSPS) is 12.1. The van der Waals surface area contributed by atoms with Crippen molar-refractivity contribution in [2.24, 2.45) is 0 Å². The lowest BCUT2D eigenvalue weighted by molar-refractivity contribution is -0.115. The molecule has 0 bridgehead atoms. The maximum Gasteiger partial charge on any atom is 0.225 e. The predicted molar refractivity (Wildman–Crippen MR) is 117 cm³/mol. The number of hydrogen-bond acceptors (Lipinski definition) is 4. The van der Waals surface area contributed by atoms with Crippen molar-refractivity contribution in [2.45, 2.75) is 26.8 Å². The number of nitrogens with one attached hydrogen (secondary N) is 1. The molecule has 0 saturated carbocycles. The monoisotopic (exact) mass is 522 g/mol. The van der Waals surface area contributed by atoms with Crippen molar-refractivity contribution in [3.63, 3.8) is 0 Å². The van der Waals surface area contributed by atoms with Crippen molar-refractivity contribution >= 4 is 92.8 Å². The summed E-state index contributed by atoms with van der Waals surface area (Å²) in [5.74, 6) is 0.870. The lowest BCUT2D eigenvalue weighted by Gasteiger charge is -2.14. The minimum Gasteiger partial charge on any atom is -0.326 e. The van der Waals surface area contributed by atoms with Crippen LogP contribution in [0.2, 0.25) is 0 Å². The number of anilines is 1. The molecule has 1 aromatic heterocycles. The number of carbonyl (C=O) groups excluding carboxylic acids is 1. The highest BCUT2D eigenvalue weighted by Crippen LogP contribution is 2.32. The Hall–Kier alpha value is -0.270. The van der Waals surface area contributed by atoms with Gasteiger partial charge in [0.2, 0.25) is 5.91 Å². The summed E-state index contributed by atoms with van der Waals surface area (Å²) in [6.07, 6.45) is 0.122. The summed E-state index contributed by atoms with van der Waals surface area (Å²) >= 11 is 40.6. The molecule has 0 unspecified atom stereocenters. The number of amides is 1. The highest BCUT2D eigenvalue weighted by Gasteiger charge is 2.26. The molecule has 0 aliphatic heterocycles. The average molecular weight is 525 g/mol. The number of rotatable bonds is 6. The Bertz CT molecular complexity index is 785. The molecule has 152 valence electrons. The molecule has 12 heteroatoms. The van der Waals surface area contributed by atoms with Crippen LogP contribution in [-0.2, 0) is 17.6 Å². The zero-order valence-corrected chi connectivity index (χ0v) is 19.3. The molecule has 2 rings (SSSR count). The van der Waals surface area contributed by atoms with E-state index in [9.17, 15) is 4.79 Å². The van der Waals surface area contributed by atoms with Gasteiger partial charge in [-0.1, -0.05) is 69.6 Å². The molecular weight excluding hydrogens is 512 g/mol.